The van der Waals surface area contributed by atoms with Crippen molar-refractivity contribution in [3.63, 3.8) is 0 Å². The molecule has 6 rings (SSSR count). The molecule has 7 heteroatoms. The summed E-state index contributed by atoms with van der Waals surface area (Å²) < 4.78 is 8.37. The van der Waals surface area contributed by atoms with Crippen molar-refractivity contribution in [1.82, 2.24) is 19.4 Å². The normalized spacial score (nSPS) is 32.4. The Kier molecular flexibility index (Phi) is 4.20. The Hall–Kier alpha value is -1.60. The lowest BCUT2D eigenvalue weighted by Gasteiger charge is -2.59. The van der Waals surface area contributed by atoms with Crippen molar-refractivity contribution < 1.29 is 4.79 Å². The summed E-state index contributed by atoms with van der Waals surface area (Å²) in [5.74, 6) is 2.52. The van der Waals surface area contributed by atoms with E-state index in [9.17, 15) is 4.79 Å². The van der Waals surface area contributed by atoms with Gasteiger partial charge < -0.3 is 5.32 Å². The number of carbonyl (C=O) groups excluding carboxylic acids is 1. The molecular formula is C20H24N4OS2. The number of nitrogens with zero attached hydrogens (tertiary/aromatic N) is 2. The minimum atomic E-state index is -0.194. The van der Waals surface area contributed by atoms with Gasteiger partial charge in [-0.25, -0.2) is 0 Å². The number of hydrogen-bond donors (Lipinski definition) is 2. The molecule has 4 bridgehead atoms. The molecule has 1 aromatic carbocycles. The zero-order chi connectivity index (χ0) is 18.6. The largest absolute Gasteiger partial charge is 0.359 e. The first-order chi connectivity index (χ1) is 13.0. The van der Waals surface area contributed by atoms with Crippen LogP contribution >= 0.6 is 23.9 Å². The Morgan fingerprint density at radius 3 is 2.44 bits per heavy atom. The van der Waals surface area contributed by atoms with Crippen LogP contribution in [-0.4, -0.2) is 25.8 Å². The second kappa shape index (κ2) is 6.48. The Balaban J connectivity index is 1.24. The summed E-state index contributed by atoms with van der Waals surface area (Å²) in [6, 6.07) is 5.65. The van der Waals surface area contributed by atoms with Crippen LogP contribution in [0.2, 0.25) is 0 Å². The fourth-order valence-corrected chi connectivity index (χ4v) is 6.98. The molecule has 27 heavy (non-hydrogen) atoms. The van der Waals surface area contributed by atoms with Crippen molar-refractivity contribution in [2.75, 3.05) is 0 Å². The monoisotopic (exact) mass is 400 g/mol. The zero-order valence-electron chi connectivity index (χ0n) is 15.4. The number of nitrogens with one attached hydrogen (secondary N) is 2. The molecule has 0 aliphatic heterocycles. The van der Waals surface area contributed by atoms with Gasteiger partial charge in [0.1, 0.15) is 11.0 Å². The topological polar surface area (TPSA) is 66.9 Å². The van der Waals surface area contributed by atoms with Crippen molar-refractivity contribution >= 4 is 46.0 Å². The highest BCUT2D eigenvalue weighted by molar-refractivity contribution is 7.80. The molecule has 4 aliphatic rings. The highest BCUT2D eigenvalue weighted by atomic mass is 32.1. The number of rotatable bonds is 3. The molecular weight excluding hydrogens is 376 g/mol. The first kappa shape index (κ1) is 17.5. The van der Waals surface area contributed by atoms with E-state index in [1.807, 2.05) is 6.07 Å². The predicted octanol–water partition coefficient (Wildman–Crippen LogP) is 3.90. The van der Waals surface area contributed by atoms with Gasteiger partial charge in [-0.15, -0.1) is 0 Å². The van der Waals surface area contributed by atoms with Gasteiger partial charge in [-0.1, -0.05) is 0 Å². The van der Waals surface area contributed by atoms with E-state index in [1.54, 1.807) is 12.1 Å². The summed E-state index contributed by atoms with van der Waals surface area (Å²) in [6.45, 7) is 2.25. The van der Waals surface area contributed by atoms with Gasteiger partial charge in [0.05, 0.1) is 11.7 Å². The quantitative estimate of drug-likeness (QED) is 0.765. The minimum absolute atomic E-state index is 0.194. The van der Waals surface area contributed by atoms with E-state index in [1.165, 1.54) is 38.5 Å². The van der Waals surface area contributed by atoms with E-state index in [-0.39, 0.29) is 5.91 Å². The van der Waals surface area contributed by atoms with Crippen molar-refractivity contribution in [3.05, 3.63) is 23.8 Å². The number of amides is 1. The van der Waals surface area contributed by atoms with E-state index in [0.717, 1.165) is 40.5 Å². The third-order valence-corrected chi connectivity index (χ3v) is 7.87. The fourth-order valence-electron chi connectivity index (χ4n) is 6.19. The van der Waals surface area contributed by atoms with Gasteiger partial charge in [0.15, 0.2) is 5.11 Å². The zero-order valence-corrected chi connectivity index (χ0v) is 17.0. The van der Waals surface area contributed by atoms with Gasteiger partial charge in [-0.05, 0) is 99.0 Å². The summed E-state index contributed by atoms with van der Waals surface area (Å²) in [7, 11) is 0. The lowest BCUT2D eigenvalue weighted by atomic mass is 9.48. The maximum Gasteiger partial charge on any atom is 0.257 e. The highest BCUT2D eigenvalue weighted by Crippen LogP contribution is 2.61. The number of carbonyl (C=O) groups is 1. The average Bonchev–Trinajstić information content (AvgIpc) is 3.08. The summed E-state index contributed by atoms with van der Waals surface area (Å²) in [5, 5.41) is 6.73. The van der Waals surface area contributed by atoms with Gasteiger partial charge in [0, 0.05) is 11.6 Å². The molecule has 2 N–H and O–H groups in total. The lowest BCUT2D eigenvalue weighted by Crippen LogP contribution is -2.57. The second-order valence-electron chi connectivity index (χ2n) is 8.90. The van der Waals surface area contributed by atoms with E-state index in [4.69, 9.17) is 12.2 Å². The minimum Gasteiger partial charge on any atom is -0.359 e. The van der Waals surface area contributed by atoms with Crippen molar-refractivity contribution in [2.45, 2.75) is 51.5 Å². The van der Waals surface area contributed by atoms with Crippen molar-refractivity contribution in [1.29, 1.82) is 0 Å². The van der Waals surface area contributed by atoms with Crippen LogP contribution in [0.1, 0.15) is 55.8 Å². The molecule has 4 aliphatic carbocycles. The molecule has 1 amide bonds. The number of thiocarbonyl (C=S) groups is 1. The average molecular weight is 401 g/mol. The molecule has 4 fully saturated rings. The van der Waals surface area contributed by atoms with E-state index >= 15 is 0 Å². The third kappa shape index (κ3) is 3.14. The van der Waals surface area contributed by atoms with Gasteiger partial charge in [0.2, 0.25) is 0 Å². The molecule has 0 spiro atoms. The molecule has 0 unspecified atom stereocenters. The Morgan fingerprint density at radius 2 is 1.78 bits per heavy atom. The van der Waals surface area contributed by atoms with Crippen LogP contribution in [0.15, 0.2) is 18.2 Å². The van der Waals surface area contributed by atoms with Crippen LogP contribution in [-0.2, 0) is 0 Å². The van der Waals surface area contributed by atoms with Crippen molar-refractivity contribution in [3.8, 4) is 0 Å². The number of hydrogen-bond acceptors (Lipinski definition) is 5. The number of fused-ring (bicyclic) bond motifs is 1. The van der Waals surface area contributed by atoms with Crippen LogP contribution < -0.4 is 10.6 Å². The molecule has 142 valence electrons. The van der Waals surface area contributed by atoms with Crippen LogP contribution in [0.3, 0.4) is 0 Å². The van der Waals surface area contributed by atoms with E-state index in [2.05, 4.69) is 26.3 Å². The van der Waals surface area contributed by atoms with Gasteiger partial charge >= 0.3 is 0 Å². The smallest absolute Gasteiger partial charge is 0.257 e. The first-order valence-corrected chi connectivity index (χ1v) is 11.0. The second-order valence-corrected chi connectivity index (χ2v) is 9.83. The van der Waals surface area contributed by atoms with Crippen LogP contribution in [0, 0.1) is 23.2 Å². The molecule has 1 heterocycles. The highest BCUT2D eigenvalue weighted by Gasteiger charge is 2.53. The van der Waals surface area contributed by atoms with E-state index < -0.39 is 0 Å². The van der Waals surface area contributed by atoms with Crippen LogP contribution in [0.4, 0.5) is 0 Å². The first-order valence-electron chi connectivity index (χ1n) is 9.85. The summed E-state index contributed by atoms with van der Waals surface area (Å²) in [4.78, 5) is 12.6. The number of aromatic nitrogens is 2. The molecule has 2 aromatic rings. The maximum atomic E-state index is 12.6. The molecule has 0 saturated heterocycles. The van der Waals surface area contributed by atoms with Crippen LogP contribution in [0.5, 0.6) is 0 Å². The maximum absolute atomic E-state index is 12.6. The Morgan fingerprint density at radius 1 is 1.15 bits per heavy atom. The summed E-state index contributed by atoms with van der Waals surface area (Å²) >= 11 is 6.62. The SMILES string of the molecule is C[C@@H](NC(=S)NC(=O)c1ccc2nsnc2c1)C12CC3CC(CC(C3)C1)C2. The third-order valence-electron chi connectivity index (χ3n) is 7.09. The van der Waals surface area contributed by atoms with Crippen LogP contribution in [0.25, 0.3) is 11.0 Å². The molecule has 5 nitrogen and oxygen atoms in total. The number of benzene rings is 1. The fraction of sp³-hybridized carbons (Fsp3) is 0.600. The molecule has 4 saturated carbocycles. The Bertz CT molecular complexity index is 873. The lowest BCUT2D eigenvalue weighted by molar-refractivity contribution is -0.0672. The summed E-state index contributed by atoms with van der Waals surface area (Å²) in [5.41, 5.74) is 2.47. The van der Waals surface area contributed by atoms with Gasteiger partial charge in [0.25, 0.3) is 5.91 Å². The predicted molar refractivity (Wildman–Crippen MR) is 111 cm³/mol. The van der Waals surface area contributed by atoms with Crippen molar-refractivity contribution in [2.24, 2.45) is 23.2 Å². The van der Waals surface area contributed by atoms with Gasteiger partial charge in [-0.2, -0.15) is 8.75 Å². The van der Waals surface area contributed by atoms with Gasteiger partial charge in [-0.3, -0.25) is 10.1 Å². The molecule has 1 aromatic heterocycles. The molecule has 1 atom stereocenters. The molecule has 0 radical (unpaired) electrons. The Labute approximate surface area is 168 Å². The van der Waals surface area contributed by atoms with E-state index in [0.29, 0.717) is 22.1 Å². The standard InChI is InChI=1S/C20H24N4OS2/c1-11(20-8-12-4-13(9-20)6-14(5-12)10-20)21-19(26)22-18(25)15-2-3-16-17(7-15)24-27-23-16/h2-3,7,11-14H,4-6,8-10H2,1H3,(H2,21,22,25,26)/t11-,12?,13?,14?,20?/m1/s1. The summed E-state index contributed by atoms with van der Waals surface area (Å²) in [6.07, 6.45) is 8.25.